The fourth-order valence-electron chi connectivity index (χ4n) is 2.51. The molecule has 0 radical (unpaired) electrons. The van der Waals surface area contributed by atoms with Crippen LogP contribution in [0.15, 0.2) is 12.2 Å². The number of rotatable bonds is 17. The van der Waals surface area contributed by atoms with Gasteiger partial charge in [0, 0.05) is 0 Å². The van der Waals surface area contributed by atoms with Crippen LogP contribution in [-0.4, -0.2) is 19.6 Å². The van der Waals surface area contributed by atoms with Gasteiger partial charge in [-0.05, 0) is 32.1 Å². The summed E-state index contributed by atoms with van der Waals surface area (Å²) in [7, 11) is -4.50. The Balaban J connectivity index is 0. The molecule has 0 fully saturated rings. The Morgan fingerprint density at radius 3 is 1.62 bits per heavy atom. The molecular formula is C18H39NO4S. The average Bonchev–Trinajstić information content (AvgIpc) is 2.49. The topological polar surface area (TPSA) is 103 Å². The van der Waals surface area contributed by atoms with E-state index in [4.69, 9.17) is 0 Å². The monoisotopic (exact) mass is 365 g/mol. The van der Waals surface area contributed by atoms with E-state index in [0.717, 1.165) is 25.7 Å². The molecule has 0 aromatic rings. The second-order valence-electron chi connectivity index (χ2n) is 6.17. The van der Waals surface area contributed by atoms with Gasteiger partial charge in [0.25, 0.3) is 0 Å². The smallest absolute Gasteiger partial charge is 0.217 e. The maximum absolute atomic E-state index is 10.2. The molecule has 146 valence electrons. The predicted octanol–water partition coefficient (Wildman–Crippen LogP) is 5.88. The van der Waals surface area contributed by atoms with Crippen molar-refractivity contribution in [1.82, 2.24) is 6.15 Å². The van der Waals surface area contributed by atoms with Gasteiger partial charge in [0.1, 0.15) is 0 Å². The summed E-state index contributed by atoms with van der Waals surface area (Å²) in [6.45, 7) is 2.27. The van der Waals surface area contributed by atoms with Crippen LogP contribution in [0.25, 0.3) is 0 Å². The zero-order valence-corrected chi connectivity index (χ0v) is 16.6. The van der Waals surface area contributed by atoms with Crippen LogP contribution in [0.2, 0.25) is 0 Å². The Bertz CT molecular complexity index is 369. The molecule has 0 saturated carbocycles. The minimum atomic E-state index is -4.50. The van der Waals surface area contributed by atoms with Gasteiger partial charge in [0.2, 0.25) is 10.4 Å². The molecular weight excluding hydrogens is 326 g/mol. The second kappa shape index (κ2) is 18.9. The summed E-state index contributed by atoms with van der Waals surface area (Å²) in [4.78, 5) is 0. The van der Waals surface area contributed by atoms with Crippen molar-refractivity contribution in [3.05, 3.63) is 12.2 Å². The number of hydrogen-bond acceptors (Lipinski definition) is 4. The number of hydrogen-bond donors (Lipinski definition) is 1. The SMILES string of the molecule is CCCCCCCCC=CCCCCCCCCOS(=O)(=O)[O-].[NH4+]. The molecule has 0 aliphatic heterocycles. The van der Waals surface area contributed by atoms with Gasteiger partial charge < -0.3 is 10.7 Å². The summed E-state index contributed by atoms with van der Waals surface area (Å²) in [5.74, 6) is 0. The second-order valence-corrected chi connectivity index (χ2v) is 7.22. The first-order valence-electron chi connectivity index (χ1n) is 9.31. The third-order valence-electron chi connectivity index (χ3n) is 3.88. The lowest BCUT2D eigenvalue weighted by Crippen LogP contribution is -2.05. The van der Waals surface area contributed by atoms with Gasteiger partial charge in [0.05, 0.1) is 6.61 Å². The summed E-state index contributed by atoms with van der Waals surface area (Å²) < 4.78 is 34.8. The summed E-state index contributed by atoms with van der Waals surface area (Å²) in [5, 5.41) is 0. The molecule has 0 aliphatic rings. The Hall–Kier alpha value is -0.430. The average molecular weight is 366 g/mol. The van der Waals surface area contributed by atoms with Crippen LogP contribution in [0.1, 0.15) is 96.8 Å². The molecule has 0 atom stereocenters. The maximum atomic E-state index is 10.2. The lowest BCUT2D eigenvalue weighted by atomic mass is 10.1. The Morgan fingerprint density at radius 1 is 0.750 bits per heavy atom. The van der Waals surface area contributed by atoms with E-state index in [1.807, 2.05) is 0 Å². The summed E-state index contributed by atoms with van der Waals surface area (Å²) in [6.07, 6.45) is 21.4. The molecule has 0 bridgehead atoms. The first kappa shape index (κ1) is 25.8. The van der Waals surface area contributed by atoms with E-state index in [1.165, 1.54) is 57.8 Å². The van der Waals surface area contributed by atoms with Gasteiger partial charge in [-0.25, -0.2) is 8.42 Å². The lowest BCUT2D eigenvalue weighted by molar-refractivity contribution is 0.255. The number of quaternary nitrogens is 1. The Kier molecular flexibility index (Phi) is 20.3. The van der Waals surface area contributed by atoms with E-state index < -0.39 is 10.4 Å². The molecule has 0 rings (SSSR count). The maximum Gasteiger partial charge on any atom is 0.217 e. The highest BCUT2D eigenvalue weighted by molar-refractivity contribution is 7.80. The number of unbranched alkanes of at least 4 members (excludes halogenated alkanes) is 12. The van der Waals surface area contributed by atoms with Gasteiger partial charge in [-0.15, -0.1) is 0 Å². The van der Waals surface area contributed by atoms with Crippen LogP contribution in [0.3, 0.4) is 0 Å². The van der Waals surface area contributed by atoms with Crippen molar-refractivity contribution in [2.45, 2.75) is 96.8 Å². The van der Waals surface area contributed by atoms with Gasteiger partial charge in [-0.3, -0.25) is 4.18 Å². The predicted molar refractivity (Wildman–Crippen MR) is 101 cm³/mol. The molecule has 4 N–H and O–H groups in total. The standard InChI is InChI=1S/C18H36O4S.H3N/c1-2-3-4-5-6-7-8-9-10-11-12-13-14-15-16-17-18-22-23(19,20)21;/h9-10H,2-8,11-18H2,1H3,(H,19,20,21);1H3. The van der Waals surface area contributed by atoms with Crippen molar-refractivity contribution in [3.8, 4) is 0 Å². The summed E-state index contributed by atoms with van der Waals surface area (Å²) >= 11 is 0. The fourth-order valence-corrected chi connectivity index (χ4v) is 2.83. The minimum absolute atomic E-state index is 0. The van der Waals surface area contributed by atoms with E-state index in [0.29, 0.717) is 6.42 Å². The summed E-state index contributed by atoms with van der Waals surface area (Å²) in [5.41, 5.74) is 0. The molecule has 0 unspecified atom stereocenters. The van der Waals surface area contributed by atoms with Crippen molar-refractivity contribution >= 4 is 10.4 Å². The molecule has 0 aromatic heterocycles. The molecule has 0 spiro atoms. The summed E-state index contributed by atoms with van der Waals surface area (Å²) in [6, 6.07) is 0. The van der Waals surface area contributed by atoms with Crippen molar-refractivity contribution < 1.29 is 17.2 Å². The zero-order valence-electron chi connectivity index (χ0n) is 15.8. The molecule has 0 aliphatic carbocycles. The molecule has 6 heteroatoms. The molecule has 24 heavy (non-hydrogen) atoms. The van der Waals surface area contributed by atoms with Crippen molar-refractivity contribution in [2.75, 3.05) is 6.61 Å². The quantitative estimate of drug-likeness (QED) is 0.150. The molecule has 5 nitrogen and oxygen atoms in total. The normalized spacial score (nSPS) is 11.8. The zero-order chi connectivity index (χ0) is 17.2. The van der Waals surface area contributed by atoms with E-state index in [-0.39, 0.29) is 12.8 Å². The van der Waals surface area contributed by atoms with Gasteiger partial charge in [-0.1, -0.05) is 76.9 Å². The van der Waals surface area contributed by atoms with Gasteiger partial charge in [0.15, 0.2) is 0 Å². The first-order chi connectivity index (χ1) is 11.1. The van der Waals surface area contributed by atoms with E-state index in [2.05, 4.69) is 23.3 Å². The highest BCUT2D eigenvalue weighted by atomic mass is 32.3. The van der Waals surface area contributed by atoms with Gasteiger partial charge in [-0.2, -0.15) is 0 Å². The Morgan fingerprint density at radius 2 is 1.17 bits per heavy atom. The Labute approximate surface area is 149 Å². The third-order valence-corrected chi connectivity index (χ3v) is 4.34. The fraction of sp³-hybridized carbons (Fsp3) is 0.889. The van der Waals surface area contributed by atoms with Crippen molar-refractivity contribution in [1.29, 1.82) is 0 Å². The molecule has 0 heterocycles. The van der Waals surface area contributed by atoms with Crippen LogP contribution in [0, 0.1) is 0 Å². The van der Waals surface area contributed by atoms with Crippen LogP contribution in [0.4, 0.5) is 0 Å². The van der Waals surface area contributed by atoms with Crippen LogP contribution in [0.5, 0.6) is 0 Å². The highest BCUT2D eigenvalue weighted by Crippen LogP contribution is 2.10. The van der Waals surface area contributed by atoms with Crippen molar-refractivity contribution in [3.63, 3.8) is 0 Å². The van der Waals surface area contributed by atoms with Crippen molar-refractivity contribution in [2.24, 2.45) is 0 Å². The van der Waals surface area contributed by atoms with Gasteiger partial charge >= 0.3 is 0 Å². The van der Waals surface area contributed by atoms with Crippen LogP contribution >= 0.6 is 0 Å². The first-order valence-corrected chi connectivity index (χ1v) is 10.6. The molecule has 0 saturated heterocycles. The van der Waals surface area contributed by atoms with E-state index >= 15 is 0 Å². The largest absolute Gasteiger partial charge is 0.726 e. The molecule has 0 amide bonds. The van der Waals surface area contributed by atoms with E-state index in [9.17, 15) is 13.0 Å². The van der Waals surface area contributed by atoms with Crippen LogP contribution < -0.4 is 6.15 Å². The molecule has 0 aromatic carbocycles. The minimum Gasteiger partial charge on any atom is -0.726 e. The third kappa shape index (κ3) is 23.8. The van der Waals surface area contributed by atoms with Crippen LogP contribution in [-0.2, 0) is 14.6 Å². The highest BCUT2D eigenvalue weighted by Gasteiger charge is 1.95. The number of allylic oxidation sites excluding steroid dienone is 2. The van der Waals surface area contributed by atoms with E-state index in [1.54, 1.807) is 0 Å². The lowest BCUT2D eigenvalue weighted by Gasteiger charge is -2.06.